The second-order valence-electron chi connectivity index (χ2n) is 8.64. The van der Waals surface area contributed by atoms with Crippen LogP contribution in [0.25, 0.3) is 0 Å². The van der Waals surface area contributed by atoms with Gasteiger partial charge in [0, 0.05) is 45.3 Å². The van der Waals surface area contributed by atoms with Crippen LogP contribution in [0.1, 0.15) is 44.9 Å². The van der Waals surface area contributed by atoms with Gasteiger partial charge >= 0.3 is 5.97 Å². The fourth-order valence-corrected chi connectivity index (χ4v) is 4.67. The first kappa shape index (κ1) is 21.0. The lowest BCUT2D eigenvalue weighted by molar-refractivity contribution is -0.144. The van der Waals surface area contributed by atoms with Crippen LogP contribution in [0.4, 0.5) is 0 Å². The average Bonchev–Trinajstić information content (AvgIpc) is 2.71. The molecule has 0 radical (unpaired) electrons. The van der Waals surface area contributed by atoms with Gasteiger partial charge in [-0.2, -0.15) is 0 Å². The molecule has 156 valence electrons. The highest BCUT2D eigenvalue weighted by atomic mass is 16.5. The topological polar surface area (TPSA) is 39.3 Å². The first-order chi connectivity index (χ1) is 13.2. The van der Waals surface area contributed by atoms with Gasteiger partial charge in [0.15, 0.2) is 0 Å². The van der Waals surface area contributed by atoms with Crippen LogP contribution in [0, 0.1) is 0 Å². The highest BCUT2D eigenvalue weighted by Gasteiger charge is 2.26. The lowest BCUT2D eigenvalue weighted by atomic mass is 10.0. The third-order valence-electron chi connectivity index (χ3n) is 6.57. The number of rotatable bonds is 8. The van der Waals surface area contributed by atoms with Crippen molar-refractivity contribution in [2.75, 3.05) is 79.1 Å². The number of carbonyl (C=O) groups excluding carboxylic acids is 1. The molecule has 6 heteroatoms. The molecule has 27 heavy (non-hydrogen) atoms. The molecule has 0 aromatic carbocycles. The van der Waals surface area contributed by atoms with E-state index in [1.54, 1.807) is 0 Å². The SMILES string of the molecule is CN1CCN(C2CCN(CCC(=O)OCCCN3CCCCC3)CC2)CC1. The normalized spacial score (nSPS) is 24.9. The van der Waals surface area contributed by atoms with E-state index in [-0.39, 0.29) is 5.97 Å². The lowest BCUT2D eigenvalue weighted by Crippen LogP contribution is -2.52. The van der Waals surface area contributed by atoms with Crippen LogP contribution < -0.4 is 0 Å². The Kier molecular flexibility index (Phi) is 8.84. The van der Waals surface area contributed by atoms with Crippen LogP contribution in [0.5, 0.6) is 0 Å². The van der Waals surface area contributed by atoms with Gasteiger partial charge in [-0.25, -0.2) is 0 Å². The summed E-state index contributed by atoms with van der Waals surface area (Å²) >= 11 is 0. The van der Waals surface area contributed by atoms with Gasteiger partial charge in [0.1, 0.15) is 0 Å². The third-order valence-corrected chi connectivity index (χ3v) is 6.57. The Morgan fingerprint density at radius 3 is 2.22 bits per heavy atom. The van der Waals surface area contributed by atoms with E-state index in [0.29, 0.717) is 13.0 Å². The van der Waals surface area contributed by atoms with E-state index in [2.05, 4.69) is 26.6 Å². The summed E-state index contributed by atoms with van der Waals surface area (Å²) in [4.78, 5) is 22.0. The minimum atomic E-state index is -0.0187. The van der Waals surface area contributed by atoms with Crippen LogP contribution in [0.2, 0.25) is 0 Å². The van der Waals surface area contributed by atoms with Crippen molar-refractivity contribution in [3.63, 3.8) is 0 Å². The molecule has 3 saturated heterocycles. The monoisotopic (exact) mass is 380 g/mol. The van der Waals surface area contributed by atoms with Gasteiger partial charge in [-0.15, -0.1) is 0 Å². The van der Waals surface area contributed by atoms with Crippen molar-refractivity contribution in [2.45, 2.75) is 51.0 Å². The van der Waals surface area contributed by atoms with Gasteiger partial charge < -0.3 is 19.4 Å². The molecule has 0 bridgehead atoms. The zero-order valence-corrected chi connectivity index (χ0v) is 17.4. The molecule has 3 heterocycles. The van der Waals surface area contributed by atoms with Crippen LogP contribution in [-0.2, 0) is 9.53 Å². The number of piperidine rings is 2. The summed E-state index contributed by atoms with van der Waals surface area (Å²) in [5, 5.41) is 0. The zero-order valence-electron chi connectivity index (χ0n) is 17.4. The van der Waals surface area contributed by atoms with Gasteiger partial charge in [-0.1, -0.05) is 6.42 Å². The first-order valence-corrected chi connectivity index (χ1v) is 11.2. The highest BCUT2D eigenvalue weighted by molar-refractivity contribution is 5.69. The molecule has 0 atom stereocenters. The maximum atomic E-state index is 12.0. The van der Waals surface area contributed by atoms with E-state index in [4.69, 9.17) is 4.74 Å². The van der Waals surface area contributed by atoms with Crippen LogP contribution in [0.3, 0.4) is 0 Å². The maximum absolute atomic E-state index is 12.0. The Hall–Kier alpha value is -0.690. The van der Waals surface area contributed by atoms with E-state index in [1.807, 2.05) is 0 Å². The summed E-state index contributed by atoms with van der Waals surface area (Å²) in [6.45, 7) is 12.0. The second kappa shape index (κ2) is 11.3. The van der Waals surface area contributed by atoms with Crippen molar-refractivity contribution < 1.29 is 9.53 Å². The molecule has 0 unspecified atom stereocenters. The molecule has 0 spiro atoms. The Labute approximate surface area is 165 Å². The number of carbonyl (C=O) groups is 1. The molecule has 3 aliphatic rings. The zero-order chi connectivity index (χ0) is 18.9. The van der Waals surface area contributed by atoms with Crippen LogP contribution in [-0.4, -0.2) is 111 Å². The van der Waals surface area contributed by atoms with E-state index >= 15 is 0 Å². The molecular weight excluding hydrogens is 340 g/mol. The van der Waals surface area contributed by atoms with Gasteiger partial charge in [0.25, 0.3) is 0 Å². The molecule has 0 amide bonds. The second-order valence-corrected chi connectivity index (χ2v) is 8.64. The number of piperazine rings is 1. The number of likely N-dealkylation sites (N-methyl/N-ethyl adjacent to an activating group) is 1. The number of nitrogens with zero attached hydrogens (tertiary/aromatic N) is 4. The summed E-state index contributed by atoms with van der Waals surface area (Å²) < 4.78 is 5.45. The number of hydrogen-bond acceptors (Lipinski definition) is 6. The molecule has 3 rings (SSSR count). The van der Waals surface area contributed by atoms with Crippen molar-refractivity contribution in [1.29, 1.82) is 0 Å². The molecule has 0 saturated carbocycles. The molecule has 0 aliphatic carbocycles. The molecule has 3 fully saturated rings. The Morgan fingerprint density at radius 2 is 1.52 bits per heavy atom. The Morgan fingerprint density at radius 1 is 0.852 bits per heavy atom. The largest absolute Gasteiger partial charge is 0.466 e. The number of hydrogen-bond donors (Lipinski definition) is 0. The van der Waals surface area contributed by atoms with Gasteiger partial charge in [0.05, 0.1) is 13.0 Å². The maximum Gasteiger partial charge on any atom is 0.307 e. The lowest BCUT2D eigenvalue weighted by Gasteiger charge is -2.42. The number of likely N-dealkylation sites (tertiary alicyclic amines) is 2. The predicted octanol–water partition coefficient (Wildman–Crippen LogP) is 1.51. The fraction of sp³-hybridized carbons (Fsp3) is 0.952. The van der Waals surface area contributed by atoms with E-state index in [0.717, 1.165) is 38.6 Å². The molecule has 0 aromatic heterocycles. The quantitative estimate of drug-likeness (QED) is 0.470. The summed E-state index contributed by atoms with van der Waals surface area (Å²) in [6.07, 6.45) is 8.03. The summed E-state index contributed by atoms with van der Waals surface area (Å²) in [7, 11) is 2.21. The molecular formula is C21H40N4O2. The van der Waals surface area contributed by atoms with Crippen molar-refractivity contribution in [3.05, 3.63) is 0 Å². The average molecular weight is 381 g/mol. The fourth-order valence-electron chi connectivity index (χ4n) is 4.67. The van der Waals surface area contributed by atoms with Gasteiger partial charge in [0.2, 0.25) is 0 Å². The standard InChI is InChI=1S/C21H40N4O2/c1-22-15-17-25(18-16-22)20-6-12-24(13-7-20)14-8-21(26)27-19-5-11-23-9-3-2-4-10-23/h20H,2-19H2,1H3. The summed E-state index contributed by atoms with van der Waals surface area (Å²) in [5.74, 6) is -0.0187. The van der Waals surface area contributed by atoms with Crippen molar-refractivity contribution in [1.82, 2.24) is 19.6 Å². The smallest absolute Gasteiger partial charge is 0.307 e. The van der Waals surface area contributed by atoms with Crippen LogP contribution in [0.15, 0.2) is 0 Å². The molecule has 3 aliphatic heterocycles. The number of ether oxygens (including phenoxy) is 1. The minimum Gasteiger partial charge on any atom is -0.466 e. The molecule has 0 aromatic rings. The molecule has 6 nitrogen and oxygen atoms in total. The predicted molar refractivity (Wildman–Crippen MR) is 109 cm³/mol. The van der Waals surface area contributed by atoms with Crippen molar-refractivity contribution >= 4 is 5.97 Å². The summed E-state index contributed by atoms with van der Waals surface area (Å²) in [6, 6.07) is 0.747. The third kappa shape index (κ3) is 7.33. The van der Waals surface area contributed by atoms with Gasteiger partial charge in [-0.05, 0) is 65.3 Å². The molecule has 0 N–H and O–H groups in total. The Balaban J connectivity index is 1.20. The highest BCUT2D eigenvalue weighted by Crippen LogP contribution is 2.18. The van der Waals surface area contributed by atoms with Crippen molar-refractivity contribution in [2.24, 2.45) is 0 Å². The van der Waals surface area contributed by atoms with Crippen molar-refractivity contribution in [3.8, 4) is 0 Å². The summed E-state index contributed by atoms with van der Waals surface area (Å²) in [5.41, 5.74) is 0. The van der Waals surface area contributed by atoms with Gasteiger partial charge in [-0.3, -0.25) is 9.69 Å². The minimum absolute atomic E-state index is 0.0187. The van der Waals surface area contributed by atoms with Crippen LogP contribution >= 0.6 is 0 Å². The number of esters is 1. The first-order valence-electron chi connectivity index (χ1n) is 11.2. The van der Waals surface area contributed by atoms with E-state index in [1.165, 1.54) is 71.4 Å². The Bertz CT molecular complexity index is 426. The van der Waals surface area contributed by atoms with E-state index in [9.17, 15) is 4.79 Å². The van der Waals surface area contributed by atoms with E-state index < -0.39 is 0 Å².